The van der Waals surface area contributed by atoms with Gasteiger partial charge in [0.05, 0.1) is 23.4 Å². The van der Waals surface area contributed by atoms with Crippen LogP contribution in [0.15, 0.2) is 59.2 Å². The Morgan fingerprint density at radius 2 is 2.00 bits per heavy atom. The molecule has 0 unspecified atom stereocenters. The number of amides is 1. The fourth-order valence-corrected chi connectivity index (χ4v) is 2.77. The molecular formula is C19H13BrClFN2O2. The van der Waals surface area contributed by atoms with Gasteiger partial charge in [0, 0.05) is 21.9 Å². The van der Waals surface area contributed by atoms with Crippen LogP contribution < -0.4 is 10.1 Å². The van der Waals surface area contributed by atoms with Crippen molar-refractivity contribution in [2.24, 2.45) is 0 Å². The summed E-state index contributed by atoms with van der Waals surface area (Å²) < 4.78 is 19.5. The third kappa shape index (κ3) is 4.03. The molecule has 0 fully saturated rings. The summed E-state index contributed by atoms with van der Waals surface area (Å²) in [5.74, 6) is -0.217. The fraction of sp³-hybridized carbons (Fsp3) is 0.0526. The van der Waals surface area contributed by atoms with Crippen molar-refractivity contribution in [3.63, 3.8) is 0 Å². The number of carbonyl (C=O) groups is 1. The zero-order valence-electron chi connectivity index (χ0n) is 13.6. The molecule has 0 atom stereocenters. The summed E-state index contributed by atoms with van der Waals surface area (Å²) in [6.45, 7) is 0. The maximum atomic E-state index is 13.5. The van der Waals surface area contributed by atoms with Gasteiger partial charge in [0.2, 0.25) is 0 Å². The fourth-order valence-electron chi connectivity index (χ4n) is 2.35. The first kappa shape index (κ1) is 18.4. The number of halogens is 3. The van der Waals surface area contributed by atoms with Crippen molar-refractivity contribution in [2.75, 3.05) is 12.4 Å². The second kappa shape index (κ2) is 7.85. The van der Waals surface area contributed by atoms with E-state index in [-0.39, 0.29) is 5.91 Å². The highest BCUT2D eigenvalue weighted by Crippen LogP contribution is 2.29. The quantitative estimate of drug-likeness (QED) is 0.583. The van der Waals surface area contributed by atoms with Crippen LogP contribution in [0.3, 0.4) is 0 Å². The molecule has 0 aliphatic heterocycles. The van der Waals surface area contributed by atoms with Crippen LogP contribution in [0.25, 0.3) is 11.3 Å². The highest BCUT2D eigenvalue weighted by molar-refractivity contribution is 9.10. The number of hydrogen-bond acceptors (Lipinski definition) is 3. The molecule has 1 amide bonds. The normalized spacial score (nSPS) is 10.5. The highest BCUT2D eigenvalue weighted by atomic mass is 79.9. The third-order valence-electron chi connectivity index (χ3n) is 3.64. The van der Waals surface area contributed by atoms with Gasteiger partial charge >= 0.3 is 0 Å². The van der Waals surface area contributed by atoms with Crippen LogP contribution in [0.4, 0.5) is 10.1 Å². The van der Waals surface area contributed by atoms with E-state index in [0.29, 0.717) is 33.3 Å². The predicted octanol–water partition coefficient (Wildman–Crippen LogP) is 5.56. The number of nitrogens with zero attached hydrogens (tertiary/aromatic N) is 1. The van der Waals surface area contributed by atoms with E-state index < -0.39 is 5.82 Å². The van der Waals surface area contributed by atoms with Crippen LogP contribution in [0.1, 0.15) is 10.4 Å². The molecular weight excluding hydrogens is 423 g/mol. The molecule has 0 saturated carbocycles. The molecule has 26 heavy (non-hydrogen) atoms. The second-order valence-corrected chi connectivity index (χ2v) is 6.62. The number of ether oxygens (including phenoxy) is 1. The molecule has 0 saturated heterocycles. The van der Waals surface area contributed by atoms with Gasteiger partial charge in [-0.05, 0) is 64.5 Å². The standard InChI is InChI=1S/C19H13BrClFN2O2/c1-26-18-7-3-12(22)8-14(18)17-6-2-11(10-23-17)19(25)24-13-4-5-15(20)16(21)9-13/h2-10H,1H3,(H,24,25). The number of nitrogens with one attached hydrogen (secondary N) is 1. The van der Waals surface area contributed by atoms with E-state index in [9.17, 15) is 9.18 Å². The molecule has 3 rings (SSSR count). The largest absolute Gasteiger partial charge is 0.496 e. The van der Waals surface area contributed by atoms with E-state index in [1.54, 1.807) is 30.3 Å². The van der Waals surface area contributed by atoms with Gasteiger partial charge in [-0.1, -0.05) is 11.6 Å². The maximum absolute atomic E-state index is 13.5. The van der Waals surface area contributed by atoms with Gasteiger partial charge in [-0.3, -0.25) is 9.78 Å². The number of benzene rings is 2. The van der Waals surface area contributed by atoms with E-state index >= 15 is 0 Å². The van der Waals surface area contributed by atoms with E-state index in [1.165, 1.54) is 31.5 Å². The van der Waals surface area contributed by atoms with Crippen LogP contribution in [0.2, 0.25) is 5.02 Å². The molecule has 1 N–H and O–H groups in total. The van der Waals surface area contributed by atoms with Crippen molar-refractivity contribution in [2.45, 2.75) is 0 Å². The van der Waals surface area contributed by atoms with Gasteiger partial charge in [0.1, 0.15) is 11.6 Å². The number of carbonyl (C=O) groups excluding carboxylic acids is 1. The van der Waals surface area contributed by atoms with Gasteiger partial charge < -0.3 is 10.1 Å². The zero-order chi connectivity index (χ0) is 18.7. The molecule has 1 heterocycles. The van der Waals surface area contributed by atoms with Crippen molar-refractivity contribution < 1.29 is 13.9 Å². The Morgan fingerprint density at radius 1 is 1.19 bits per heavy atom. The molecule has 0 aliphatic carbocycles. The minimum absolute atomic E-state index is 0.325. The summed E-state index contributed by atoms with van der Waals surface area (Å²) in [5.41, 5.74) is 1.95. The maximum Gasteiger partial charge on any atom is 0.257 e. The minimum Gasteiger partial charge on any atom is -0.496 e. The topological polar surface area (TPSA) is 51.2 Å². The van der Waals surface area contributed by atoms with E-state index in [4.69, 9.17) is 16.3 Å². The summed E-state index contributed by atoms with van der Waals surface area (Å²) in [4.78, 5) is 16.6. The Labute approximate surface area is 163 Å². The van der Waals surface area contributed by atoms with Crippen molar-refractivity contribution >= 4 is 39.1 Å². The lowest BCUT2D eigenvalue weighted by atomic mass is 10.1. The molecule has 0 aliphatic rings. The highest BCUT2D eigenvalue weighted by Gasteiger charge is 2.12. The Bertz CT molecular complexity index is 964. The lowest BCUT2D eigenvalue weighted by Crippen LogP contribution is -2.12. The van der Waals surface area contributed by atoms with Crippen LogP contribution in [-0.2, 0) is 0 Å². The van der Waals surface area contributed by atoms with Gasteiger partial charge in [-0.15, -0.1) is 0 Å². The average Bonchev–Trinajstić information content (AvgIpc) is 2.65. The Kier molecular flexibility index (Phi) is 5.54. The second-order valence-electron chi connectivity index (χ2n) is 5.36. The number of aromatic nitrogens is 1. The van der Waals surface area contributed by atoms with Crippen molar-refractivity contribution in [1.82, 2.24) is 4.98 Å². The molecule has 0 spiro atoms. The molecule has 1 aromatic heterocycles. The van der Waals surface area contributed by atoms with Crippen molar-refractivity contribution in [3.8, 4) is 17.0 Å². The van der Waals surface area contributed by atoms with Gasteiger partial charge in [0.25, 0.3) is 5.91 Å². The first-order chi connectivity index (χ1) is 12.5. The smallest absolute Gasteiger partial charge is 0.257 e. The summed E-state index contributed by atoms with van der Waals surface area (Å²) in [7, 11) is 1.50. The Balaban J connectivity index is 1.82. The van der Waals surface area contributed by atoms with E-state index in [1.807, 2.05) is 0 Å². The monoisotopic (exact) mass is 434 g/mol. The SMILES string of the molecule is COc1ccc(F)cc1-c1ccc(C(=O)Nc2ccc(Br)c(Cl)c2)cn1. The van der Waals surface area contributed by atoms with Gasteiger partial charge in [0.15, 0.2) is 0 Å². The third-order valence-corrected chi connectivity index (χ3v) is 4.87. The van der Waals surface area contributed by atoms with Crippen LogP contribution >= 0.6 is 27.5 Å². The molecule has 0 radical (unpaired) electrons. The van der Waals surface area contributed by atoms with Crippen LogP contribution in [0.5, 0.6) is 5.75 Å². The number of anilines is 1. The number of methoxy groups -OCH3 is 1. The number of rotatable bonds is 4. The molecule has 7 heteroatoms. The molecule has 4 nitrogen and oxygen atoms in total. The van der Waals surface area contributed by atoms with Gasteiger partial charge in [-0.25, -0.2) is 4.39 Å². The first-order valence-electron chi connectivity index (χ1n) is 7.54. The lowest BCUT2D eigenvalue weighted by molar-refractivity contribution is 0.102. The van der Waals surface area contributed by atoms with Crippen molar-refractivity contribution in [1.29, 1.82) is 0 Å². The summed E-state index contributed by atoms with van der Waals surface area (Å²) in [5, 5.41) is 3.24. The molecule has 132 valence electrons. The number of pyridine rings is 1. The minimum atomic E-state index is -0.392. The summed E-state index contributed by atoms with van der Waals surface area (Å²) in [6, 6.07) is 12.6. The summed E-state index contributed by atoms with van der Waals surface area (Å²) >= 11 is 9.32. The van der Waals surface area contributed by atoms with E-state index in [0.717, 1.165) is 4.47 Å². The number of hydrogen-bond donors (Lipinski definition) is 1. The molecule has 0 bridgehead atoms. The predicted molar refractivity (Wildman–Crippen MR) is 103 cm³/mol. The molecule has 3 aromatic rings. The Hall–Kier alpha value is -2.44. The lowest BCUT2D eigenvalue weighted by Gasteiger charge is -2.09. The first-order valence-corrected chi connectivity index (χ1v) is 8.71. The van der Waals surface area contributed by atoms with Crippen LogP contribution in [0, 0.1) is 5.82 Å². The van der Waals surface area contributed by atoms with Crippen LogP contribution in [-0.4, -0.2) is 18.0 Å². The Morgan fingerprint density at radius 3 is 2.65 bits per heavy atom. The van der Waals surface area contributed by atoms with Crippen molar-refractivity contribution in [3.05, 3.63) is 75.6 Å². The average molecular weight is 436 g/mol. The molecule has 2 aromatic carbocycles. The van der Waals surface area contributed by atoms with Gasteiger partial charge in [-0.2, -0.15) is 0 Å². The zero-order valence-corrected chi connectivity index (χ0v) is 15.9. The summed E-state index contributed by atoms with van der Waals surface area (Å²) in [6.07, 6.45) is 1.43. The van der Waals surface area contributed by atoms with E-state index in [2.05, 4.69) is 26.2 Å².